The molecule has 2 aromatic rings. The van der Waals surface area contributed by atoms with Crippen LogP contribution in [0.2, 0.25) is 0 Å². The number of piperazine rings is 1. The molecule has 0 aliphatic carbocycles. The molecule has 0 saturated carbocycles. The van der Waals surface area contributed by atoms with Gasteiger partial charge in [-0.15, -0.1) is 0 Å². The van der Waals surface area contributed by atoms with Crippen molar-refractivity contribution in [1.29, 1.82) is 0 Å². The number of carbonyl (C=O) groups is 2. The summed E-state index contributed by atoms with van der Waals surface area (Å²) in [6.45, 7) is 3.58. The summed E-state index contributed by atoms with van der Waals surface area (Å²) < 4.78 is 14.6. The van der Waals surface area contributed by atoms with Crippen molar-refractivity contribution >= 4 is 11.9 Å². The van der Waals surface area contributed by atoms with Crippen LogP contribution in [0, 0.1) is 5.82 Å². The largest absolute Gasteiger partial charge is 0.335 e. The van der Waals surface area contributed by atoms with E-state index < -0.39 is 0 Å². The molecule has 26 heavy (non-hydrogen) atoms. The van der Waals surface area contributed by atoms with E-state index in [4.69, 9.17) is 0 Å². The summed E-state index contributed by atoms with van der Waals surface area (Å²) in [4.78, 5) is 32.3. The second-order valence-corrected chi connectivity index (χ2v) is 6.20. The highest BCUT2D eigenvalue weighted by molar-refractivity contribution is 5.94. The van der Waals surface area contributed by atoms with E-state index in [1.54, 1.807) is 21.5 Å². The quantitative estimate of drug-likeness (QED) is 0.891. The molecule has 0 spiro atoms. The van der Waals surface area contributed by atoms with E-state index in [1.165, 1.54) is 30.6 Å². The number of nitrogens with zero attached hydrogens (tertiary/aromatic N) is 5. The normalized spacial score (nSPS) is 15.7. The van der Waals surface area contributed by atoms with E-state index in [0.29, 0.717) is 37.6 Å². The van der Waals surface area contributed by atoms with Crippen molar-refractivity contribution < 1.29 is 14.0 Å². The second-order valence-electron chi connectivity index (χ2n) is 6.20. The minimum atomic E-state index is -0.375. The van der Waals surface area contributed by atoms with Crippen molar-refractivity contribution in [2.45, 2.75) is 13.0 Å². The summed E-state index contributed by atoms with van der Waals surface area (Å²) in [5.74, 6) is 0.140. The third-order valence-electron chi connectivity index (χ3n) is 4.42. The Kier molecular flexibility index (Phi) is 5.15. The maximum atomic E-state index is 13.0. The van der Waals surface area contributed by atoms with Crippen LogP contribution in [-0.4, -0.2) is 62.7 Å². The van der Waals surface area contributed by atoms with Gasteiger partial charge >= 0.3 is 6.03 Å². The zero-order valence-corrected chi connectivity index (χ0v) is 14.7. The molecule has 138 valence electrons. The summed E-state index contributed by atoms with van der Waals surface area (Å²) in [6, 6.07) is 5.01. The minimum absolute atomic E-state index is 0.155. The van der Waals surface area contributed by atoms with Crippen LogP contribution in [0.15, 0.2) is 30.6 Å². The van der Waals surface area contributed by atoms with E-state index in [2.05, 4.69) is 15.4 Å². The lowest BCUT2D eigenvalue weighted by atomic mass is 10.2. The van der Waals surface area contributed by atoms with Crippen molar-refractivity contribution in [3.05, 3.63) is 47.8 Å². The molecule has 0 radical (unpaired) electrons. The van der Waals surface area contributed by atoms with Gasteiger partial charge in [0.05, 0.1) is 6.04 Å². The molecule has 2 heterocycles. The topological polar surface area (TPSA) is 83.4 Å². The number of aryl methyl sites for hydroxylation is 1. The molecule has 1 aromatic heterocycles. The Balaban J connectivity index is 1.53. The molecule has 1 fully saturated rings. The summed E-state index contributed by atoms with van der Waals surface area (Å²) >= 11 is 0. The third kappa shape index (κ3) is 3.81. The molecule has 1 N–H and O–H groups in total. The van der Waals surface area contributed by atoms with Gasteiger partial charge in [0.2, 0.25) is 0 Å². The zero-order chi connectivity index (χ0) is 18.7. The molecule has 0 bridgehead atoms. The van der Waals surface area contributed by atoms with E-state index in [0.717, 1.165) is 0 Å². The molecule has 1 aliphatic rings. The van der Waals surface area contributed by atoms with Gasteiger partial charge in [0, 0.05) is 38.8 Å². The molecular formula is C17H21FN6O2. The zero-order valence-electron chi connectivity index (χ0n) is 14.7. The monoisotopic (exact) mass is 360 g/mol. The summed E-state index contributed by atoms with van der Waals surface area (Å²) in [6.07, 6.45) is 1.44. The van der Waals surface area contributed by atoms with Gasteiger partial charge in [-0.1, -0.05) is 0 Å². The Morgan fingerprint density at radius 1 is 1.12 bits per heavy atom. The van der Waals surface area contributed by atoms with Gasteiger partial charge < -0.3 is 15.1 Å². The highest BCUT2D eigenvalue weighted by Crippen LogP contribution is 2.12. The lowest BCUT2D eigenvalue weighted by molar-refractivity contribution is 0.0663. The fourth-order valence-corrected chi connectivity index (χ4v) is 2.93. The first-order valence-corrected chi connectivity index (χ1v) is 8.40. The van der Waals surface area contributed by atoms with Crippen molar-refractivity contribution in [3.8, 4) is 0 Å². The molecule has 8 nitrogen and oxygen atoms in total. The van der Waals surface area contributed by atoms with Gasteiger partial charge in [-0.25, -0.2) is 14.2 Å². The van der Waals surface area contributed by atoms with Gasteiger partial charge in [0.25, 0.3) is 5.91 Å². The van der Waals surface area contributed by atoms with Crippen molar-refractivity contribution in [2.24, 2.45) is 7.05 Å². The number of rotatable bonds is 3. The van der Waals surface area contributed by atoms with Crippen molar-refractivity contribution in [2.75, 3.05) is 26.2 Å². The molecule has 1 aromatic carbocycles. The molecule has 9 heteroatoms. The molecular weight excluding hydrogens is 339 g/mol. The number of amides is 3. The summed E-state index contributed by atoms with van der Waals surface area (Å²) in [5.41, 5.74) is 0.445. The first kappa shape index (κ1) is 17.8. The Bertz CT molecular complexity index is 783. The third-order valence-corrected chi connectivity index (χ3v) is 4.42. The molecule has 3 amide bonds. The minimum Gasteiger partial charge on any atom is -0.335 e. The predicted molar refractivity (Wildman–Crippen MR) is 91.8 cm³/mol. The second kappa shape index (κ2) is 7.51. The smallest absolute Gasteiger partial charge is 0.318 e. The lowest BCUT2D eigenvalue weighted by Crippen LogP contribution is -2.53. The van der Waals surface area contributed by atoms with Gasteiger partial charge in [-0.05, 0) is 31.2 Å². The van der Waals surface area contributed by atoms with Crippen LogP contribution in [0.3, 0.4) is 0 Å². The van der Waals surface area contributed by atoms with Gasteiger partial charge in [0.1, 0.15) is 18.0 Å². The highest BCUT2D eigenvalue weighted by Gasteiger charge is 2.26. The van der Waals surface area contributed by atoms with E-state index in [9.17, 15) is 14.0 Å². The van der Waals surface area contributed by atoms with Crippen LogP contribution in [0.4, 0.5) is 9.18 Å². The van der Waals surface area contributed by atoms with Crippen molar-refractivity contribution in [1.82, 2.24) is 29.9 Å². The van der Waals surface area contributed by atoms with Crippen LogP contribution < -0.4 is 5.32 Å². The van der Waals surface area contributed by atoms with E-state index in [1.807, 2.05) is 6.92 Å². The number of carbonyl (C=O) groups excluding carboxylic acids is 2. The first-order chi connectivity index (χ1) is 12.5. The average molecular weight is 360 g/mol. The molecule has 1 atom stereocenters. The summed E-state index contributed by atoms with van der Waals surface area (Å²) in [5, 5.41) is 6.89. The Labute approximate surface area is 150 Å². The lowest BCUT2D eigenvalue weighted by Gasteiger charge is -2.35. The van der Waals surface area contributed by atoms with Gasteiger partial charge in [-0.2, -0.15) is 5.10 Å². The SMILES string of the molecule is CC(NC(=O)N1CCN(C(=O)c2ccc(F)cc2)CC1)c1ncnn1C. The number of halogens is 1. The summed E-state index contributed by atoms with van der Waals surface area (Å²) in [7, 11) is 1.77. The Hall–Kier alpha value is -2.97. The van der Waals surface area contributed by atoms with Crippen LogP contribution >= 0.6 is 0 Å². The predicted octanol–water partition coefficient (Wildman–Crippen LogP) is 1.18. The van der Waals surface area contributed by atoms with Crippen LogP contribution in [-0.2, 0) is 7.05 Å². The number of urea groups is 1. The standard InChI is InChI=1S/C17H21FN6O2/c1-12(15-19-11-20-22(15)2)21-17(26)24-9-7-23(8-10-24)16(25)13-3-5-14(18)6-4-13/h3-6,11-12H,7-10H2,1-2H3,(H,21,26). The number of nitrogens with one attached hydrogen (secondary N) is 1. The molecule has 1 aliphatic heterocycles. The number of hydrogen-bond acceptors (Lipinski definition) is 4. The van der Waals surface area contributed by atoms with Crippen LogP contribution in [0.1, 0.15) is 29.1 Å². The first-order valence-electron chi connectivity index (χ1n) is 8.40. The maximum absolute atomic E-state index is 13.0. The fourth-order valence-electron chi connectivity index (χ4n) is 2.93. The van der Waals surface area contributed by atoms with E-state index in [-0.39, 0.29) is 23.8 Å². The van der Waals surface area contributed by atoms with Crippen LogP contribution in [0.25, 0.3) is 0 Å². The highest BCUT2D eigenvalue weighted by atomic mass is 19.1. The maximum Gasteiger partial charge on any atom is 0.318 e. The Morgan fingerprint density at radius 3 is 2.31 bits per heavy atom. The average Bonchev–Trinajstić information content (AvgIpc) is 3.08. The molecule has 1 saturated heterocycles. The number of aromatic nitrogens is 3. The van der Waals surface area contributed by atoms with Crippen LogP contribution in [0.5, 0.6) is 0 Å². The number of benzene rings is 1. The molecule has 3 rings (SSSR count). The number of hydrogen-bond donors (Lipinski definition) is 1. The van der Waals surface area contributed by atoms with Gasteiger partial charge in [-0.3, -0.25) is 9.48 Å². The molecule has 1 unspecified atom stereocenters. The van der Waals surface area contributed by atoms with Crippen molar-refractivity contribution in [3.63, 3.8) is 0 Å². The van der Waals surface area contributed by atoms with Gasteiger partial charge in [0.15, 0.2) is 0 Å². The van der Waals surface area contributed by atoms with E-state index >= 15 is 0 Å². The fraction of sp³-hybridized carbons (Fsp3) is 0.412. The Morgan fingerprint density at radius 2 is 1.73 bits per heavy atom.